The SMILES string of the molecule is NC(=O)C1C(=O)C[C@@H]2C[C@@H]3Cc4c(-c5ccc(NC(=O)Nc6ccc(OC(F)(F)F)cc6)cc5)ccc(O)c4C(=O)C3C(=O)[C@]2(O)C1=O. The molecule has 0 aliphatic heterocycles. The lowest BCUT2D eigenvalue weighted by molar-refractivity contribution is -0.274. The van der Waals surface area contributed by atoms with E-state index in [-0.39, 0.29) is 24.1 Å². The Labute approximate surface area is 269 Å². The van der Waals surface area contributed by atoms with Crippen LogP contribution in [0.1, 0.15) is 28.8 Å². The van der Waals surface area contributed by atoms with Crippen LogP contribution in [0.3, 0.4) is 0 Å². The van der Waals surface area contributed by atoms with Gasteiger partial charge in [-0.15, -0.1) is 13.2 Å². The van der Waals surface area contributed by atoms with E-state index in [0.29, 0.717) is 22.4 Å². The Morgan fingerprint density at radius 2 is 1.48 bits per heavy atom. The number of phenols is 1. The molecule has 48 heavy (non-hydrogen) atoms. The number of phenolic OH excluding ortho intramolecular Hbond substituents is 1. The Morgan fingerprint density at radius 1 is 0.875 bits per heavy atom. The zero-order valence-electron chi connectivity index (χ0n) is 24.7. The molecule has 3 amide bonds. The first-order valence-corrected chi connectivity index (χ1v) is 14.6. The zero-order chi connectivity index (χ0) is 34.7. The topological polar surface area (TPSA) is 202 Å². The van der Waals surface area contributed by atoms with Gasteiger partial charge in [-0.25, -0.2) is 4.79 Å². The second-order valence-corrected chi connectivity index (χ2v) is 12.0. The van der Waals surface area contributed by atoms with Crippen LogP contribution in [0.25, 0.3) is 11.1 Å². The van der Waals surface area contributed by atoms with Gasteiger partial charge in [-0.05, 0) is 77.9 Å². The third-order valence-corrected chi connectivity index (χ3v) is 9.09. The van der Waals surface area contributed by atoms with Crippen molar-refractivity contribution in [1.82, 2.24) is 0 Å². The minimum absolute atomic E-state index is 0.0494. The quantitative estimate of drug-likeness (QED) is 0.253. The number of aromatic hydroxyl groups is 1. The lowest BCUT2D eigenvalue weighted by Crippen LogP contribution is -2.68. The van der Waals surface area contributed by atoms with Crippen molar-refractivity contribution in [3.8, 4) is 22.6 Å². The number of primary amides is 1. The minimum atomic E-state index is -4.85. The van der Waals surface area contributed by atoms with E-state index in [2.05, 4.69) is 15.4 Å². The predicted molar refractivity (Wildman–Crippen MR) is 160 cm³/mol. The lowest BCUT2D eigenvalue weighted by atomic mass is 9.53. The van der Waals surface area contributed by atoms with Gasteiger partial charge in [0.25, 0.3) is 0 Å². The molecular formula is C33H26F3N3O9. The van der Waals surface area contributed by atoms with Gasteiger partial charge < -0.3 is 31.3 Å². The van der Waals surface area contributed by atoms with Crippen molar-refractivity contribution >= 4 is 46.4 Å². The molecule has 248 valence electrons. The van der Waals surface area contributed by atoms with Gasteiger partial charge in [-0.3, -0.25) is 24.0 Å². The Hall–Kier alpha value is -5.57. The molecule has 3 aliphatic rings. The van der Waals surface area contributed by atoms with Crippen molar-refractivity contribution in [2.45, 2.75) is 31.2 Å². The first-order valence-electron chi connectivity index (χ1n) is 14.6. The molecule has 0 spiro atoms. The van der Waals surface area contributed by atoms with Crippen LogP contribution in [0.5, 0.6) is 11.5 Å². The molecule has 3 aliphatic carbocycles. The largest absolute Gasteiger partial charge is 0.573 e. The van der Waals surface area contributed by atoms with Crippen LogP contribution in [-0.2, 0) is 25.6 Å². The summed E-state index contributed by atoms with van der Waals surface area (Å²) in [6.45, 7) is 0. The second kappa shape index (κ2) is 11.6. The molecular weight excluding hydrogens is 639 g/mol. The highest BCUT2D eigenvalue weighted by atomic mass is 19.4. The number of Topliss-reactive ketones (excluding diaryl/α,β-unsaturated/α-hetero) is 4. The number of anilines is 2. The van der Waals surface area contributed by atoms with Crippen LogP contribution >= 0.6 is 0 Å². The van der Waals surface area contributed by atoms with Crippen molar-refractivity contribution in [2.75, 3.05) is 10.6 Å². The molecule has 2 saturated carbocycles. The van der Waals surface area contributed by atoms with E-state index in [4.69, 9.17) is 5.73 Å². The van der Waals surface area contributed by atoms with Crippen LogP contribution in [0.4, 0.5) is 29.3 Å². The summed E-state index contributed by atoms with van der Waals surface area (Å²) in [5.74, 6) is -11.6. The standard InChI is InChI=1S/C33H26F3N3O9/c34-33(35,36)48-19-7-5-18(6-8-19)39-31(46)38-17-3-1-14(2-4-17)20-9-10-22(40)25-21(20)12-15-11-16-13-23(41)26(30(37)45)29(44)32(16,47)28(43)24(15)27(25)42/h1-10,15-16,24,26,40,47H,11-13H2,(H2,37,45)(H2,38,39,46)/t15-,16+,24?,26?,32+/m1/s1. The third-order valence-electron chi connectivity index (χ3n) is 9.09. The number of hydrogen-bond donors (Lipinski definition) is 5. The molecule has 3 aromatic rings. The van der Waals surface area contributed by atoms with Crippen molar-refractivity contribution < 1.29 is 56.9 Å². The monoisotopic (exact) mass is 665 g/mol. The predicted octanol–water partition coefficient (Wildman–Crippen LogP) is 3.54. The molecule has 0 aromatic heterocycles. The lowest BCUT2D eigenvalue weighted by Gasteiger charge is -2.48. The summed E-state index contributed by atoms with van der Waals surface area (Å²) >= 11 is 0. The number of ether oxygens (including phenoxy) is 1. The number of ketones is 4. The van der Waals surface area contributed by atoms with Crippen molar-refractivity contribution in [3.63, 3.8) is 0 Å². The fourth-order valence-electron chi connectivity index (χ4n) is 7.00. The molecule has 12 nitrogen and oxygen atoms in total. The van der Waals surface area contributed by atoms with E-state index in [1.807, 2.05) is 0 Å². The van der Waals surface area contributed by atoms with Crippen molar-refractivity contribution in [3.05, 3.63) is 71.8 Å². The van der Waals surface area contributed by atoms with Gasteiger partial charge in [0, 0.05) is 23.7 Å². The average molecular weight is 666 g/mol. The van der Waals surface area contributed by atoms with Crippen LogP contribution < -0.4 is 21.1 Å². The fraction of sp³-hybridized carbons (Fsp3) is 0.273. The summed E-state index contributed by atoms with van der Waals surface area (Å²) < 4.78 is 40.9. The average Bonchev–Trinajstić information content (AvgIpc) is 3.00. The summed E-state index contributed by atoms with van der Waals surface area (Å²) in [7, 11) is 0. The number of nitrogens with one attached hydrogen (secondary N) is 2. The van der Waals surface area contributed by atoms with Gasteiger partial charge >= 0.3 is 12.4 Å². The van der Waals surface area contributed by atoms with Crippen molar-refractivity contribution in [2.24, 2.45) is 29.4 Å². The van der Waals surface area contributed by atoms with E-state index in [1.165, 1.54) is 18.2 Å². The molecule has 5 atom stereocenters. The number of hydrogen-bond acceptors (Lipinski definition) is 9. The molecule has 0 bridgehead atoms. The number of urea groups is 1. The maximum Gasteiger partial charge on any atom is 0.573 e. The normalized spacial score (nSPS) is 25.0. The highest BCUT2D eigenvalue weighted by molar-refractivity contribution is 6.31. The van der Waals surface area contributed by atoms with Crippen molar-refractivity contribution in [1.29, 1.82) is 0 Å². The molecule has 0 radical (unpaired) electrons. The van der Waals surface area contributed by atoms with Crippen LogP contribution in [0.2, 0.25) is 0 Å². The van der Waals surface area contributed by atoms with E-state index in [0.717, 1.165) is 12.1 Å². The number of fused-ring (bicyclic) bond motifs is 3. The highest BCUT2D eigenvalue weighted by Crippen LogP contribution is 2.51. The Morgan fingerprint density at radius 3 is 2.06 bits per heavy atom. The number of aliphatic hydroxyl groups is 1. The van der Waals surface area contributed by atoms with Gasteiger partial charge in [0.05, 0.1) is 11.5 Å². The molecule has 0 heterocycles. The van der Waals surface area contributed by atoms with E-state index in [1.54, 1.807) is 30.3 Å². The van der Waals surface area contributed by atoms with Gasteiger partial charge in [-0.2, -0.15) is 0 Å². The van der Waals surface area contributed by atoms with Gasteiger partial charge in [0.2, 0.25) is 5.91 Å². The van der Waals surface area contributed by atoms with E-state index < -0.39 is 88.6 Å². The number of carbonyl (C=O) groups excluding carboxylic acids is 6. The Kier molecular flexibility index (Phi) is 7.82. The maximum atomic E-state index is 13.8. The summed E-state index contributed by atoms with van der Waals surface area (Å²) in [5.41, 5.74) is 4.39. The van der Waals surface area contributed by atoms with Crippen LogP contribution in [0.15, 0.2) is 60.7 Å². The maximum absolute atomic E-state index is 13.8. The molecule has 6 rings (SSSR count). The number of nitrogens with two attached hydrogens (primary N) is 1. The Balaban J connectivity index is 1.22. The fourth-order valence-corrected chi connectivity index (χ4v) is 7.00. The van der Waals surface area contributed by atoms with Gasteiger partial charge in [0.15, 0.2) is 34.7 Å². The number of halogens is 3. The Bertz CT molecular complexity index is 1890. The third kappa shape index (κ3) is 5.55. The van der Waals surface area contributed by atoms with Crippen LogP contribution in [-0.4, -0.2) is 57.2 Å². The number of rotatable bonds is 5. The van der Waals surface area contributed by atoms with Gasteiger partial charge in [-0.1, -0.05) is 18.2 Å². The molecule has 0 saturated heterocycles. The first kappa shape index (κ1) is 32.4. The summed E-state index contributed by atoms with van der Waals surface area (Å²) in [6.07, 6.45) is -5.26. The zero-order valence-corrected chi connectivity index (χ0v) is 24.7. The molecule has 15 heteroatoms. The summed E-state index contributed by atoms with van der Waals surface area (Å²) in [5, 5.41) is 27.1. The minimum Gasteiger partial charge on any atom is -0.507 e. The number of amides is 3. The first-order chi connectivity index (χ1) is 22.6. The highest BCUT2D eigenvalue weighted by Gasteiger charge is 2.66. The van der Waals surface area contributed by atoms with Gasteiger partial charge in [0.1, 0.15) is 11.5 Å². The smallest absolute Gasteiger partial charge is 0.507 e. The number of alkyl halides is 3. The summed E-state index contributed by atoms with van der Waals surface area (Å²) in [4.78, 5) is 77.5. The summed E-state index contributed by atoms with van der Waals surface area (Å²) in [6, 6.07) is 13.1. The van der Waals surface area contributed by atoms with E-state index >= 15 is 0 Å². The molecule has 2 unspecified atom stereocenters. The molecule has 6 N–H and O–H groups in total. The second-order valence-electron chi connectivity index (χ2n) is 12.0. The van der Waals surface area contributed by atoms with E-state index in [9.17, 15) is 52.2 Å². The van der Waals surface area contributed by atoms with Crippen LogP contribution in [0, 0.1) is 23.7 Å². The number of carbonyl (C=O) groups is 6. The number of benzene rings is 3. The molecule has 2 fully saturated rings. The molecule has 3 aromatic carbocycles.